The molecule has 0 saturated heterocycles. The molecule has 64 valence electrons. The van der Waals surface area contributed by atoms with Crippen molar-refractivity contribution in [1.29, 1.82) is 0 Å². The van der Waals surface area contributed by atoms with Gasteiger partial charge in [0.05, 0.1) is 0 Å². The maximum Gasteiger partial charge on any atom is -0.00990 e. The minimum absolute atomic E-state index is 0. The van der Waals surface area contributed by atoms with Crippen LogP contribution in [0.5, 0.6) is 0 Å². The second-order valence-electron chi connectivity index (χ2n) is 3.09. The molecule has 0 unspecified atom stereocenters. The highest BCUT2D eigenvalue weighted by Crippen LogP contribution is 2.46. The Balaban J connectivity index is 0.000000653. The Morgan fingerprint density at radius 3 is 0.923 bits per heavy atom. The second kappa shape index (κ2) is 2.93. The van der Waals surface area contributed by atoms with Crippen molar-refractivity contribution in [2.24, 2.45) is 0 Å². The van der Waals surface area contributed by atoms with Crippen LogP contribution in [-0.4, -0.2) is 0 Å². The topological polar surface area (TPSA) is 0 Å². The van der Waals surface area contributed by atoms with Crippen molar-refractivity contribution in [2.45, 2.75) is 0 Å². The minimum atomic E-state index is 0. The summed E-state index contributed by atoms with van der Waals surface area (Å²) in [5.41, 5.74) is 5.59. The molecule has 2 aromatic carbocycles. The monoisotopic (exact) mass is 186 g/mol. The first-order valence-corrected chi connectivity index (χ1v) is 4.15. The van der Waals surface area contributed by atoms with E-state index in [1.54, 1.807) is 0 Å². The van der Waals surface area contributed by atoms with Crippen molar-refractivity contribution in [3.63, 3.8) is 0 Å². The highest BCUT2D eigenvalue weighted by molar-refractivity contribution is 7.59. The lowest BCUT2D eigenvalue weighted by molar-refractivity contribution is 1.52. The lowest BCUT2D eigenvalue weighted by atomic mass is 9.81. The summed E-state index contributed by atoms with van der Waals surface area (Å²) in [7, 11) is 0. The van der Waals surface area contributed by atoms with E-state index in [0.29, 0.717) is 0 Å². The van der Waals surface area contributed by atoms with Crippen LogP contribution < -0.4 is 0 Å². The van der Waals surface area contributed by atoms with Crippen LogP contribution in [-0.2, 0) is 0 Å². The van der Waals surface area contributed by atoms with Gasteiger partial charge < -0.3 is 0 Å². The van der Waals surface area contributed by atoms with E-state index < -0.39 is 0 Å². The smallest absolute Gasteiger partial charge is 0.00990 e. The van der Waals surface area contributed by atoms with Gasteiger partial charge in [-0.3, -0.25) is 0 Å². The summed E-state index contributed by atoms with van der Waals surface area (Å²) in [6, 6.07) is 17.1. The van der Waals surface area contributed by atoms with Gasteiger partial charge >= 0.3 is 0 Å². The second-order valence-corrected chi connectivity index (χ2v) is 3.09. The molecule has 0 amide bonds. The van der Waals surface area contributed by atoms with Gasteiger partial charge in [0.25, 0.3) is 0 Å². The number of hydrogen-bond acceptors (Lipinski definition) is 0. The zero-order valence-corrected chi connectivity index (χ0v) is 8.12. The average Bonchev–Trinajstić information content (AvgIpc) is 2.14. The summed E-state index contributed by atoms with van der Waals surface area (Å²) >= 11 is 0. The molecular weight excluding hydrogens is 176 g/mol. The minimum Gasteiger partial charge on any atom is -0.197 e. The van der Waals surface area contributed by atoms with E-state index >= 15 is 0 Å². The van der Waals surface area contributed by atoms with E-state index in [2.05, 4.69) is 48.5 Å². The molecule has 3 rings (SSSR count). The molecular formula is C12H10S. The third-order valence-corrected chi connectivity index (χ3v) is 2.43. The van der Waals surface area contributed by atoms with Crippen molar-refractivity contribution < 1.29 is 0 Å². The summed E-state index contributed by atoms with van der Waals surface area (Å²) in [4.78, 5) is 0. The van der Waals surface area contributed by atoms with Gasteiger partial charge in [-0.25, -0.2) is 0 Å². The maximum atomic E-state index is 2.18. The van der Waals surface area contributed by atoms with E-state index in [1.807, 2.05) is 0 Å². The molecule has 0 heterocycles. The molecule has 0 aromatic heterocycles. The highest BCUT2D eigenvalue weighted by atomic mass is 32.1. The van der Waals surface area contributed by atoms with E-state index in [9.17, 15) is 0 Å². The third-order valence-electron chi connectivity index (χ3n) is 2.43. The van der Waals surface area contributed by atoms with Crippen molar-refractivity contribution in [3.8, 4) is 22.3 Å². The molecule has 0 aliphatic heterocycles. The van der Waals surface area contributed by atoms with E-state index in [0.717, 1.165) is 0 Å². The Morgan fingerprint density at radius 1 is 0.462 bits per heavy atom. The van der Waals surface area contributed by atoms with E-state index in [1.165, 1.54) is 22.3 Å². The van der Waals surface area contributed by atoms with Crippen molar-refractivity contribution in [3.05, 3.63) is 48.5 Å². The van der Waals surface area contributed by atoms with E-state index in [4.69, 9.17) is 0 Å². The number of hydrogen-bond donors (Lipinski definition) is 0. The van der Waals surface area contributed by atoms with Gasteiger partial charge in [0.2, 0.25) is 0 Å². The molecule has 1 heteroatoms. The van der Waals surface area contributed by atoms with Crippen LogP contribution in [0.15, 0.2) is 48.5 Å². The number of fused-ring (bicyclic) bond motifs is 4. The molecule has 0 N–H and O–H groups in total. The molecule has 0 radical (unpaired) electrons. The third kappa shape index (κ3) is 1.01. The predicted octanol–water partition coefficient (Wildman–Crippen LogP) is 3.45. The molecule has 0 saturated carbocycles. The van der Waals surface area contributed by atoms with Gasteiger partial charge in [-0.05, 0) is 22.3 Å². The van der Waals surface area contributed by atoms with E-state index in [-0.39, 0.29) is 13.5 Å². The normalized spacial score (nSPS) is 10.5. The van der Waals surface area contributed by atoms with Gasteiger partial charge in [0, 0.05) is 0 Å². The zero-order chi connectivity index (χ0) is 7.97. The molecule has 0 spiro atoms. The largest absolute Gasteiger partial charge is 0.197 e. The molecule has 13 heavy (non-hydrogen) atoms. The first-order chi connectivity index (χ1) is 5.97. The fraction of sp³-hybridized carbons (Fsp3) is 0. The Hall–Kier alpha value is -1.21. The van der Waals surface area contributed by atoms with Crippen LogP contribution in [0.1, 0.15) is 0 Å². The van der Waals surface area contributed by atoms with Gasteiger partial charge in [-0.1, -0.05) is 48.5 Å². The number of benzene rings is 2. The Bertz CT molecular complexity index is 346. The van der Waals surface area contributed by atoms with Crippen molar-refractivity contribution in [2.75, 3.05) is 0 Å². The summed E-state index contributed by atoms with van der Waals surface area (Å²) < 4.78 is 0. The van der Waals surface area contributed by atoms with Gasteiger partial charge in [-0.15, -0.1) is 0 Å². The van der Waals surface area contributed by atoms with Gasteiger partial charge in [-0.2, -0.15) is 13.5 Å². The standard InChI is InChI=1S/C12H8.H2S/c1-2-6-10-9(5-1)11-7-3-4-8-12(10)11;/h1-8H;1H2. The molecule has 0 fully saturated rings. The first kappa shape index (κ1) is 8.39. The van der Waals surface area contributed by atoms with Crippen LogP contribution in [0.25, 0.3) is 22.3 Å². The summed E-state index contributed by atoms with van der Waals surface area (Å²) in [5.74, 6) is 0. The molecule has 0 bridgehead atoms. The summed E-state index contributed by atoms with van der Waals surface area (Å²) in [5, 5.41) is 0. The maximum absolute atomic E-state index is 2.18. The molecule has 0 atom stereocenters. The fourth-order valence-corrected chi connectivity index (χ4v) is 1.84. The van der Waals surface area contributed by atoms with Gasteiger partial charge in [0.15, 0.2) is 0 Å². The van der Waals surface area contributed by atoms with Gasteiger partial charge in [0.1, 0.15) is 0 Å². The average molecular weight is 186 g/mol. The predicted molar refractivity (Wildman–Crippen MR) is 61.3 cm³/mol. The zero-order valence-electron chi connectivity index (χ0n) is 7.12. The van der Waals surface area contributed by atoms with Crippen LogP contribution >= 0.6 is 13.5 Å². The lowest BCUT2D eigenvalue weighted by Crippen LogP contribution is -1.96. The quantitative estimate of drug-likeness (QED) is 0.504. The molecule has 2 aromatic rings. The lowest BCUT2D eigenvalue weighted by Gasteiger charge is -2.22. The SMILES string of the molecule is S.c1ccc2c(c1)-c1ccccc1-2. The van der Waals surface area contributed by atoms with Crippen LogP contribution in [0.2, 0.25) is 0 Å². The van der Waals surface area contributed by atoms with Crippen molar-refractivity contribution >= 4 is 13.5 Å². The first-order valence-electron chi connectivity index (χ1n) is 4.15. The molecule has 1 aliphatic carbocycles. The number of rotatable bonds is 0. The molecule has 0 nitrogen and oxygen atoms in total. The Kier molecular flexibility index (Phi) is 1.89. The van der Waals surface area contributed by atoms with Crippen LogP contribution in [0, 0.1) is 0 Å². The molecule has 1 aliphatic rings. The Morgan fingerprint density at radius 2 is 0.692 bits per heavy atom. The Labute approximate surface area is 84.7 Å². The van der Waals surface area contributed by atoms with Crippen LogP contribution in [0.3, 0.4) is 0 Å². The van der Waals surface area contributed by atoms with Crippen LogP contribution in [0.4, 0.5) is 0 Å². The fourth-order valence-electron chi connectivity index (χ4n) is 1.84. The summed E-state index contributed by atoms with van der Waals surface area (Å²) in [6.45, 7) is 0. The highest BCUT2D eigenvalue weighted by Gasteiger charge is 2.19. The van der Waals surface area contributed by atoms with Crippen molar-refractivity contribution in [1.82, 2.24) is 0 Å². The summed E-state index contributed by atoms with van der Waals surface area (Å²) in [6.07, 6.45) is 0.